The highest BCUT2D eigenvalue weighted by molar-refractivity contribution is 7.99. The molecule has 2 rings (SSSR count). The van der Waals surface area contributed by atoms with Gasteiger partial charge in [-0.3, -0.25) is 0 Å². The van der Waals surface area contributed by atoms with Gasteiger partial charge in [-0.2, -0.15) is 0 Å². The van der Waals surface area contributed by atoms with Crippen LogP contribution in [0.2, 0.25) is 18.1 Å². The molecule has 2 aromatic rings. The molecule has 226 valence electrons. The Kier molecular flexibility index (Phi) is 15.8. The van der Waals surface area contributed by atoms with E-state index in [1.807, 2.05) is 54.6 Å². The van der Waals surface area contributed by atoms with Gasteiger partial charge in [-0.1, -0.05) is 86.9 Å². The summed E-state index contributed by atoms with van der Waals surface area (Å²) < 4.78 is 22.5. The smallest absolute Gasteiger partial charge is 0.333 e. The third-order valence-corrected chi connectivity index (χ3v) is 12.3. The topological polar surface area (TPSA) is 54.0 Å². The lowest BCUT2D eigenvalue weighted by atomic mass is 10.0. The molecule has 5 nitrogen and oxygen atoms in total. The van der Waals surface area contributed by atoms with Crippen molar-refractivity contribution in [3.63, 3.8) is 0 Å². The van der Waals surface area contributed by atoms with Crippen LogP contribution >= 0.6 is 11.8 Å². The van der Waals surface area contributed by atoms with E-state index in [2.05, 4.69) is 63.6 Å². The molecule has 7 heteroatoms. The van der Waals surface area contributed by atoms with Crippen LogP contribution in [0.4, 0.5) is 0 Å². The average Bonchev–Trinajstić information content (AvgIpc) is 2.95. The second-order valence-electron chi connectivity index (χ2n) is 11.3. The van der Waals surface area contributed by atoms with Gasteiger partial charge >= 0.3 is 5.97 Å². The van der Waals surface area contributed by atoms with Crippen molar-refractivity contribution in [2.75, 3.05) is 33.2 Å². The maximum atomic E-state index is 12.6. The molecular weight excluding hydrogens is 561 g/mol. The molecule has 0 N–H and O–H groups in total. The summed E-state index contributed by atoms with van der Waals surface area (Å²) in [5.74, 6) is 13.0. The summed E-state index contributed by atoms with van der Waals surface area (Å²) in [4.78, 5) is 13.7. The fourth-order valence-electron chi connectivity index (χ4n) is 3.47. The van der Waals surface area contributed by atoms with E-state index in [1.54, 1.807) is 18.9 Å². The van der Waals surface area contributed by atoms with Crippen molar-refractivity contribution in [1.82, 2.24) is 0 Å². The molecule has 2 aromatic carbocycles. The van der Waals surface area contributed by atoms with Crippen LogP contribution in [0.5, 0.6) is 0 Å². The lowest BCUT2D eigenvalue weighted by Crippen LogP contribution is -2.40. The fourth-order valence-corrected chi connectivity index (χ4v) is 5.10. The number of carbonyl (C=O) groups excluding carboxylic acids is 1. The number of hydrogen-bond donors (Lipinski definition) is 0. The molecule has 1 unspecified atom stereocenters. The van der Waals surface area contributed by atoms with Crippen LogP contribution in [-0.2, 0) is 30.0 Å². The van der Waals surface area contributed by atoms with Crippen LogP contribution in [0.1, 0.15) is 51.2 Å². The molecule has 0 aromatic heterocycles. The van der Waals surface area contributed by atoms with E-state index in [1.165, 1.54) is 7.11 Å². The van der Waals surface area contributed by atoms with Crippen LogP contribution < -0.4 is 0 Å². The Morgan fingerprint density at radius 2 is 1.69 bits per heavy atom. The number of unbranched alkanes of at least 4 members (excludes halogenated alkanes) is 2. The predicted octanol–water partition coefficient (Wildman–Crippen LogP) is 7.77. The lowest BCUT2D eigenvalue weighted by Gasteiger charge is -2.36. The molecule has 0 spiro atoms. The van der Waals surface area contributed by atoms with Crippen LogP contribution in [-0.4, -0.2) is 53.6 Å². The van der Waals surface area contributed by atoms with Crippen LogP contribution in [0.3, 0.4) is 0 Å². The zero-order chi connectivity index (χ0) is 30.8. The van der Waals surface area contributed by atoms with Crippen molar-refractivity contribution >= 4 is 32.1 Å². The van der Waals surface area contributed by atoms with Crippen LogP contribution in [0.15, 0.2) is 65.1 Å². The van der Waals surface area contributed by atoms with Gasteiger partial charge in [0.1, 0.15) is 6.61 Å². The zero-order valence-corrected chi connectivity index (χ0v) is 28.1. The Morgan fingerprint density at radius 3 is 2.38 bits per heavy atom. The minimum absolute atomic E-state index is 0.102. The summed E-state index contributed by atoms with van der Waals surface area (Å²) in [5.41, 5.74) is 2.65. The molecule has 0 bridgehead atoms. The van der Waals surface area contributed by atoms with Gasteiger partial charge in [0.05, 0.1) is 17.9 Å². The highest BCUT2D eigenvalue weighted by Gasteiger charge is 2.37. The van der Waals surface area contributed by atoms with Gasteiger partial charge in [-0.15, -0.1) is 11.8 Å². The number of rotatable bonds is 14. The van der Waals surface area contributed by atoms with Crippen LogP contribution in [0, 0.1) is 23.7 Å². The van der Waals surface area contributed by atoms with E-state index in [9.17, 15) is 4.79 Å². The maximum absolute atomic E-state index is 12.6. The number of esters is 1. The van der Waals surface area contributed by atoms with Crippen molar-refractivity contribution < 1.29 is 23.4 Å². The minimum Gasteiger partial charge on any atom is -0.442 e. The van der Waals surface area contributed by atoms with Gasteiger partial charge in [-0.25, -0.2) is 4.79 Å². The fraction of sp³-hybridized carbons (Fsp3) is 0.457. The molecule has 0 aliphatic carbocycles. The summed E-state index contributed by atoms with van der Waals surface area (Å²) in [5, 5.41) is 0.102. The number of thioether (sulfide) groups is 1. The Labute approximate surface area is 258 Å². The number of methoxy groups -OCH3 is 2. The highest BCUT2D eigenvalue weighted by Crippen LogP contribution is 2.37. The SMILES string of the molecule is COCCCCC#C/C(=C\c1ccccc1CO[Si](C)(C)C(C)(C)C)C(C#CCSc1ccccc1)OC(=O)COC. The molecule has 0 radical (unpaired) electrons. The molecule has 0 aliphatic rings. The number of carbonyl (C=O) groups is 1. The van der Waals surface area contributed by atoms with Crippen molar-refractivity contribution in [3.05, 3.63) is 71.3 Å². The number of benzene rings is 2. The van der Waals surface area contributed by atoms with Gasteiger partial charge in [-0.05, 0) is 60.3 Å². The summed E-state index contributed by atoms with van der Waals surface area (Å²) in [6, 6.07) is 18.2. The van der Waals surface area contributed by atoms with Crippen molar-refractivity contribution in [1.29, 1.82) is 0 Å². The maximum Gasteiger partial charge on any atom is 0.333 e. The molecule has 42 heavy (non-hydrogen) atoms. The number of ether oxygens (including phenoxy) is 3. The standard InChI is InChI=1S/C35H46O5SSi/c1-35(2,3)42(6,7)39-27-31-20-15-14-18-29(31)26-30(19-11-8-9-16-24-37-4)33(40-34(36)28-38-5)23-17-25-41-32-21-12-10-13-22-32/h10,12-15,18,20-22,26,33H,8-9,16,24-25,27-28H2,1-7H3/b30-26+. The van der Waals surface area contributed by atoms with E-state index in [0.717, 1.165) is 28.9 Å². The third-order valence-electron chi connectivity index (χ3n) is 6.98. The molecular formula is C35H46O5SSi. The summed E-state index contributed by atoms with van der Waals surface area (Å²) >= 11 is 1.63. The van der Waals surface area contributed by atoms with Gasteiger partial charge in [0, 0.05) is 32.1 Å². The minimum atomic E-state index is -1.96. The lowest BCUT2D eigenvalue weighted by molar-refractivity contribution is -0.149. The highest BCUT2D eigenvalue weighted by atomic mass is 32.2. The average molecular weight is 607 g/mol. The van der Waals surface area contributed by atoms with Crippen molar-refractivity contribution in [2.24, 2.45) is 0 Å². The largest absolute Gasteiger partial charge is 0.442 e. The first-order chi connectivity index (χ1) is 20.1. The predicted molar refractivity (Wildman–Crippen MR) is 177 cm³/mol. The first-order valence-corrected chi connectivity index (χ1v) is 18.2. The quantitative estimate of drug-likeness (QED) is 0.0720. The molecule has 0 aliphatic heterocycles. The Bertz CT molecular complexity index is 1260. The molecule has 0 fully saturated rings. The number of hydrogen-bond acceptors (Lipinski definition) is 6. The van der Waals surface area contributed by atoms with Gasteiger partial charge in [0.15, 0.2) is 14.4 Å². The second-order valence-corrected chi connectivity index (χ2v) is 17.2. The van der Waals surface area contributed by atoms with Gasteiger partial charge in [0.25, 0.3) is 0 Å². The first-order valence-electron chi connectivity index (χ1n) is 14.3. The van der Waals surface area contributed by atoms with E-state index < -0.39 is 20.4 Å². The van der Waals surface area contributed by atoms with Crippen molar-refractivity contribution in [3.8, 4) is 23.7 Å². The first kappa shape index (κ1) is 35.4. The normalized spacial score (nSPS) is 12.5. The third kappa shape index (κ3) is 13.0. The Balaban J connectivity index is 2.44. The van der Waals surface area contributed by atoms with Gasteiger partial charge < -0.3 is 18.6 Å². The van der Waals surface area contributed by atoms with Crippen molar-refractivity contribution in [2.45, 2.75) is 75.8 Å². The van der Waals surface area contributed by atoms with Gasteiger partial charge in [0.2, 0.25) is 0 Å². The molecule has 0 amide bonds. The van der Waals surface area contributed by atoms with E-state index >= 15 is 0 Å². The molecule has 0 heterocycles. The molecule has 0 saturated carbocycles. The molecule has 1 atom stereocenters. The summed E-state index contributed by atoms with van der Waals surface area (Å²) in [6.07, 6.45) is 3.70. The van der Waals surface area contributed by atoms with E-state index in [-0.39, 0.29) is 11.6 Å². The van der Waals surface area contributed by atoms with E-state index in [4.69, 9.17) is 18.6 Å². The van der Waals surface area contributed by atoms with Crippen LogP contribution in [0.25, 0.3) is 6.08 Å². The second kappa shape index (κ2) is 18.7. The molecule has 0 saturated heterocycles. The monoisotopic (exact) mass is 606 g/mol. The van der Waals surface area contributed by atoms with E-state index in [0.29, 0.717) is 31.0 Å². The summed E-state index contributed by atoms with van der Waals surface area (Å²) in [6.45, 7) is 12.2. The Hall–Kier alpha value is -2.78. The Morgan fingerprint density at radius 1 is 0.976 bits per heavy atom. The summed E-state index contributed by atoms with van der Waals surface area (Å²) in [7, 11) is 1.21. The zero-order valence-electron chi connectivity index (χ0n) is 26.3.